The van der Waals surface area contributed by atoms with Crippen LogP contribution in [0.15, 0.2) is 30.5 Å². The number of ether oxygens (including phenoxy) is 1. The van der Waals surface area contributed by atoms with E-state index in [-0.39, 0.29) is 18.6 Å². The first-order chi connectivity index (χ1) is 13.7. The van der Waals surface area contributed by atoms with Gasteiger partial charge in [0.2, 0.25) is 0 Å². The van der Waals surface area contributed by atoms with Gasteiger partial charge in [0.1, 0.15) is 6.04 Å². The van der Waals surface area contributed by atoms with Gasteiger partial charge in [-0.1, -0.05) is 89.3 Å². The highest BCUT2D eigenvalue weighted by atomic mass is 16.5. The van der Waals surface area contributed by atoms with E-state index < -0.39 is 0 Å². The Bertz CT molecular complexity index is 707. The van der Waals surface area contributed by atoms with Gasteiger partial charge in [-0.25, -0.2) is 4.79 Å². The van der Waals surface area contributed by atoms with Gasteiger partial charge in [-0.3, -0.25) is 0 Å². The van der Waals surface area contributed by atoms with Crippen molar-refractivity contribution in [2.24, 2.45) is 0 Å². The predicted octanol–water partition coefficient (Wildman–Crippen LogP) is 6.16. The summed E-state index contributed by atoms with van der Waals surface area (Å²) >= 11 is 0. The molecule has 1 unspecified atom stereocenters. The van der Waals surface area contributed by atoms with Crippen molar-refractivity contribution in [2.45, 2.75) is 90.2 Å². The van der Waals surface area contributed by atoms with Crippen LogP contribution < -0.4 is 0 Å². The molecule has 4 nitrogen and oxygen atoms in total. The fourth-order valence-electron chi connectivity index (χ4n) is 3.99. The number of unbranched alkanes of at least 4 members (excludes halogenated alkanes) is 9. The number of benzene rings is 1. The van der Waals surface area contributed by atoms with Gasteiger partial charge >= 0.3 is 5.97 Å². The lowest BCUT2D eigenvalue weighted by Crippen LogP contribution is -2.20. The predicted molar refractivity (Wildman–Crippen MR) is 115 cm³/mol. The van der Waals surface area contributed by atoms with Crippen LogP contribution in [0.1, 0.15) is 89.2 Å². The molecule has 28 heavy (non-hydrogen) atoms. The van der Waals surface area contributed by atoms with Crippen molar-refractivity contribution in [3.05, 3.63) is 36.0 Å². The summed E-state index contributed by atoms with van der Waals surface area (Å²) in [5.41, 5.74) is 1.83. The second-order valence-electron chi connectivity index (χ2n) is 7.75. The minimum absolute atomic E-state index is 0.0281. The van der Waals surface area contributed by atoms with Crippen molar-refractivity contribution in [1.82, 2.24) is 4.57 Å². The highest BCUT2D eigenvalue weighted by Crippen LogP contribution is 2.28. The zero-order chi connectivity index (χ0) is 20.2. The van der Waals surface area contributed by atoms with Gasteiger partial charge in [0.15, 0.2) is 0 Å². The van der Waals surface area contributed by atoms with E-state index in [1.807, 2.05) is 35.0 Å². The zero-order valence-electron chi connectivity index (χ0n) is 17.7. The second kappa shape index (κ2) is 12.6. The number of esters is 1. The summed E-state index contributed by atoms with van der Waals surface area (Å²) in [4.78, 5) is 12.4. The summed E-state index contributed by atoms with van der Waals surface area (Å²) in [6.45, 7) is 2.22. The minimum atomic E-state index is -0.329. The van der Waals surface area contributed by atoms with Crippen molar-refractivity contribution < 1.29 is 14.6 Å². The Balaban J connectivity index is 1.86. The van der Waals surface area contributed by atoms with Crippen molar-refractivity contribution in [2.75, 3.05) is 7.11 Å². The molecule has 0 spiro atoms. The highest BCUT2D eigenvalue weighted by Gasteiger charge is 2.23. The van der Waals surface area contributed by atoms with Crippen molar-refractivity contribution in [3.8, 4) is 0 Å². The number of nitrogens with zero attached hydrogens (tertiary/aromatic N) is 1. The van der Waals surface area contributed by atoms with Crippen LogP contribution in [0.25, 0.3) is 10.9 Å². The lowest BCUT2D eigenvalue weighted by molar-refractivity contribution is -0.144. The fraction of sp³-hybridized carbons (Fsp3) is 0.625. The third-order valence-corrected chi connectivity index (χ3v) is 5.63. The van der Waals surface area contributed by atoms with Gasteiger partial charge < -0.3 is 14.4 Å². The van der Waals surface area contributed by atoms with E-state index in [1.54, 1.807) is 0 Å². The van der Waals surface area contributed by atoms with Crippen molar-refractivity contribution >= 4 is 16.9 Å². The first-order valence-electron chi connectivity index (χ1n) is 11.0. The van der Waals surface area contributed by atoms with E-state index in [4.69, 9.17) is 4.74 Å². The molecule has 0 aliphatic heterocycles. The maximum Gasteiger partial charge on any atom is 0.328 e. The number of carbonyl (C=O) groups is 1. The molecule has 0 saturated heterocycles. The molecule has 2 aromatic rings. The fourth-order valence-corrected chi connectivity index (χ4v) is 3.99. The lowest BCUT2D eigenvalue weighted by atomic mass is 10.0. The maximum atomic E-state index is 12.4. The molecule has 0 amide bonds. The van der Waals surface area contributed by atoms with Gasteiger partial charge in [0, 0.05) is 22.7 Å². The van der Waals surface area contributed by atoms with Crippen LogP contribution in [-0.4, -0.2) is 22.8 Å². The quantitative estimate of drug-likeness (QED) is 0.312. The summed E-state index contributed by atoms with van der Waals surface area (Å²) < 4.78 is 7.07. The number of aromatic nitrogens is 1. The number of aliphatic hydroxyl groups excluding tert-OH is 1. The molecule has 0 radical (unpaired) electrons. The smallest absolute Gasteiger partial charge is 0.328 e. The van der Waals surface area contributed by atoms with Gasteiger partial charge in [0.05, 0.1) is 13.7 Å². The molecule has 0 fully saturated rings. The Morgan fingerprint density at radius 1 is 1.00 bits per heavy atom. The van der Waals surface area contributed by atoms with Crippen molar-refractivity contribution in [1.29, 1.82) is 0 Å². The molecule has 0 bridgehead atoms. The van der Waals surface area contributed by atoms with Crippen LogP contribution in [0.4, 0.5) is 0 Å². The SMILES string of the molecule is CCCCCCCCCCCCC(C(=O)OC)n1cc(CO)c2ccccc21. The topological polar surface area (TPSA) is 51.5 Å². The van der Waals surface area contributed by atoms with Crippen LogP contribution in [0.5, 0.6) is 0 Å². The van der Waals surface area contributed by atoms with Gasteiger partial charge in [0.25, 0.3) is 0 Å². The summed E-state index contributed by atoms with van der Waals surface area (Å²) in [5, 5.41) is 10.7. The van der Waals surface area contributed by atoms with Crippen LogP contribution in [0, 0.1) is 0 Å². The Kier molecular flexibility index (Phi) is 10.1. The van der Waals surface area contributed by atoms with Gasteiger partial charge in [-0.15, -0.1) is 0 Å². The van der Waals surface area contributed by atoms with E-state index in [0.717, 1.165) is 35.7 Å². The highest BCUT2D eigenvalue weighted by molar-refractivity contribution is 5.86. The number of carbonyl (C=O) groups excluding carboxylic acids is 1. The molecule has 0 saturated carbocycles. The molecule has 156 valence electrons. The summed E-state index contributed by atoms with van der Waals surface area (Å²) in [5.74, 6) is -0.207. The standard InChI is InChI=1S/C24H37NO3/c1-3-4-5-6-7-8-9-10-11-12-17-23(24(27)28-2)25-18-20(19-26)21-15-13-14-16-22(21)25/h13-16,18,23,26H,3-12,17,19H2,1-2H3. The molecule has 1 aromatic carbocycles. The van der Waals surface area contributed by atoms with E-state index in [0.29, 0.717) is 0 Å². The van der Waals surface area contributed by atoms with Crippen LogP contribution >= 0.6 is 0 Å². The first-order valence-corrected chi connectivity index (χ1v) is 11.0. The van der Waals surface area contributed by atoms with E-state index in [9.17, 15) is 9.90 Å². The van der Waals surface area contributed by atoms with E-state index >= 15 is 0 Å². The number of methoxy groups -OCH3 is 1. The van der Waals surface area contributed by atoms with Crippen LogP contribution in [0.2, 0.25) is 0 Å². The van der Waals surface area contributed by atoms with Crippen molar-refractivity contribution in [3.63, 3.8) is 0 Å². The first kappa shape index (κ1) is 22.5. The monoisotopic (exact) mass is 387 g/mol. The average molecular weight is 388 g/mol. The molecule has 1 aromatic heterocycles. The molecule has 1 N–H and O–H groups in total. The molecule has 0 aliphatic rings. The minimum Gasteiger partial charge on any atom is -0.467 e. The summed E-state index contributed by atoms with van der Waals surface area (Å²) in [7, 11) is 1.45. The Morgan fingerprint density at radius 2 is 1.61 bits per heavy atom. The number of fused-ring (bicyclic) bond motifs is 1. The number of aliphatic hydroxyl groups is 1. The lowest BCUT2D eigenvalue weighted by Gasteiger charge is -2.18. The second-order valence-corrected chi connectivity index (χ2v) is 7.75. The van der Waals surface area contributed by atoms with Crippen LogP contribution in [-0.2, 0) is 16.1 Å². The molecule has 1 heterocycles. The molecular formula is C24H37NO3. The Hall–Kier alpha value is -1.81. The Morgan fingerprint density at radius 3 is 2.21 bits per heavy atom. The largest absolute Gasteiger partial charge is 0.467 e. The number of hydrogen-bond acceptors (Lipinski definition) is 3. The molecular weight excluding hydrogens is 350 g/mol. The van der Waals surface area contributed by atoms with Gasteiger partial charge in [-0.05, 0) is 12.5 Å². The Labute approximate surface area is 169 Å². The molecule has 0 aliphatic carbocycles. The number of hydrogen-bond donors (Lipinski definition) is 1. The van der Waals surface area contributed by atoms with E-state index in [2.05, 4.69) is 6.92 Å². The molecule has 1 atom stereocenters. The number of para-hydroxylation sites is 1. The normalized spacial score (nSPS) is 12.4. The summed E-state index contributed by atoms with van der Waals surface area (Å²) in [6, 6.07) is 7.59. The zero-order valence-corrected chi connectivity index (χ0v) is 17.7. The third-order valence-electron chi connectivity index (χ3n) is 5.63. The number of rotatable bonds is 14. The summed E-state index contributed by atoms with van der Waals surface area (Å²) in [6.07, 6.45) is 15.4. The van der Waals surface area contributed by atoms with Gasteiger partial charge in [-0.2, -0.15) is 0 Å². The molecule has 4 heteroatoms. The average Bonchev–Trinajstić information content (AvgIpc) is 3.10. The maximum absolute atomic E-state index is 12.4. The van der Waals surface area contributed by atoms with E-state index in [1.165, 1.54) is 58.5 Å². The van der Waals surface area contributed by atoms with Crippen LogP contribution in [0.3, 0.4) is 0 Å². The third kappa shape index (κ3) is 6.37. The molecule has 2 rings (SSSR count).